The van der Waals surface area contributed by atoms with E-state index in [0.29, 0.717) is 5.92 Å². The van der Waals surface area contributed by atoms with Crippen molar-refractivity contribution in [3.05, 3.63) is 0 Å². The van der Waals surface area contributed by atoms with Crippen LogP contribution in [0.3, 0.4) is 0 Å². The molecule has 2 aliphatic rings. The molecule has 1 N–H and O–H groups in total. The highest BCUT2D eigenvalue weighted by atomic mass is 16.3. The summed E-state index contributed by atoms with van der Waals surface area (Å²) >= 11 is 0. The number of nitrogens with zero attached hydrogens (tertiary/aromatic N) is 2. The molecule has 15 heavy (non-hydrogen) atoms. The third-order valence-corrected chi connectivity index (χ3v) is 3.69. The first-order chi connectivity index (χ1) is 7.18. The summed E-state index contributed by atoms with van der Waals surface area (Å²) in [7, 11) is 1.84. The molecule has 4 heteroatoms. The number of hydrogen-bond acceptors (Lipinski definition) is 2. The molecule has 0 aromatic rings. The van der Waals surface area contributed by atoms with Crippen LogP contribution in [0, 0.1) is 5.92 Å². The second kappa shape index (κ2) is 4.39. The Morgan fingerprint density at radius 3 is 2.73 bits per heavy atom. The molecule has 0 radical (unpaired) electrons. The van der Waals surface area contributed by atoms with E-state index < -0.39 is 0 Å². The summed E-state index contributed by atoms with van der Waals surface area (Å²) in [5, 5.41) is 9.67. The Kier molecular flexibility index (Phi) is 3.14. The number of aliphatic hydroxyl groups is 1. The molecule has 1 aliphatic heterocycles. The van der Waals surface area contributed by atoms with Gasteiger partial charge in [-0.2, -0.15) is 0 Å². The number of aliphatic hydroxyl groups excluding tert-OH is 1. The molecule has 1 saturated heterocycles. The van der Waals surface area contributed by atoms with E-state index in [9.17, 15) is 9.90 Å². The Morgan fingerprint density at radius 2 is 2.20 bits per heavy atom. The van der Waals surface area contributed by atoms with Crippen molar-refractivity contribution < 1.29 is 9.90 Å². The SMILES string of the molecule is CN1CCN(CCC2CCCC2O)C1=O. The van der Waals surface area contributed by atoms with Gasteiger partial charge in [0.05, 0.1) is 6.10 Å². The first-order valence-corrected chi connectivity index (χ1v) is 5.86. The maximum atomic E-state index is 11.6. The van der Waals surface area contributed by atoms with Gasteiger partial charge in [0.15, 0.2) is 0 Å². The Bertz CT molecular complexity index is 245. The standard InChI is InChI=1S/C11H20N2O2/c1-12-7-8-13(11(12)15)6-5-9-3-2-4-10(9)14/h9-10,14H,2-8H2,1H3. The summed E-state index contributed by atoms with van der Waals surface area (Å²) < 4.78 is 0. The minimum absolute atomic E-state index is 0.125. The van der Waals surface area contributed by atoms with Crippen LogP contribution >= 0.6 is 0 Å². The average molecular weight is 212 g/mol. The number of amides is 2. The monoisotopic (exact) mass is 212 g/mol. The van der Waals surface area contributed by atoms with Gasteiger partial charge in [-0.25, -0.2) is 4.79 Å². The fraction of sp³-hybridized carbons (Fsp3) is 0.909. The summed E-state index contributed by atoms with van der Waals surface area (Å²) in [6, 6.07) is 0.141. The first-order valence-electron chi connectivity index (χ1n) is 5.86. The highest BCUT2D eigenvalue weighted by molar-refractivity contribution is 5.76. The fourth-order valence-corrected chi connectivity index (χ4v) is 2.59. The zero-order valence-corrected chi connectivity index (χ0v) is 9.35. The summed E-state index contributed by atoms with van der Waals surface area (Å²) in [6.45, 7) is 2.50. The first kappa shape index (κ1) is 10.7. The number of carbonyl (C=O) groups is 1. The van der Waals surface area contributed by atoms with Crippen molar-refractivity contribution in [1.82, 2.24) is 9.80 Å². The van der Waals surface area contributed by atoms with Gasteiger partial charge in [-0.1, -0.05) is 6.42 Å². The fourth-order valence-electron chi connectivity index (χ4n) is 2.59. The van der Waals surface area contributed by atoms with Gasteiger partial charge in [-0.05, 0) is 25.2 Å². The van der Waals surface area contributed by atoms with Crippen molar-refractivity contribution in [3.63, 3.8) is 0 Å². The van der Waals surface area contributed by atoms with Crippen LogP contribution in [0.15, 0.2) is 0 Å². The van der Waals surface area contributed by atoms with E-state index >= 15 is 0 Å². The molecule has 0 spiro atoms. The van der Waals surface area contributed by atoms with Crippen molar-refractivity contribution in [1.29, 1.82) is 0 Å². The van der Waals surface area contributed by atoms with Gasteiger partial charge in [0.1, 0.15) is 0 Å². The van der Waals surface area contributed by atoms with Gasteiger partial charge in [0.2, 0.25) is 0 Å². The summed E-state index contributed by atoms with van der Waals surface area (Å²) in [4.78, 5) is 15.2. The van der Waals surface area contributed by atoms with Crippen LogP contribution in [-0.4, -0.2) is 53.7 Å². The topological polar surface area (TPSA) is 43.8 Å². The molecule has 1 saturated carbocycles. The lowest BCUT2D eigenvalue weighted by molar-refractivity contribution is 0.121. The van der Waals surface area contributed by atoms with Crippen LogP contribution < -0.4 is 0 Å². The number of likely N-dealkylation sites (N-methyl/N-ethyl adjacent to an activating group) is 1. The van der Waals surface area contributed by atoms with E-state index in [0.717, 1.165) is 45.3 Å². The minimum atomic E-state index is -0.125. The largest absolute Gasteiger partial charge is 0.393 e. The van der Waals surface area contributed by atoms with Crippen LogP contribution in [0.2, 0.25) is 0 Å². The highest BCUT2D eigenvalue weighted by Crippen LogP contribution is 2.28. The van der Waals surface area contributed by atoms with E-state index in [4.69, 9.17) is 0 Å². The number of urea groups is 1. The van der Waals surface area contributed by atoms with Crippen LogP contribution in [0.5, 0.6) is 0 Å². The van der Waals surface area contributed by atoms with Crippen molar-refractivity contribution in [2.75, 3.05) is 26.7 Å². The molecule has 2 unspecified atom stereocenters. The predicted molar refractivity (Wildman–Crippen MR) is 57.6 cm³/mol. The lowest BCUT2D eigenvalue weighted by Crippen LogP contribution is -2.31. The van der Waals surface area contributed by atoms with Crippen LogP contribution in [0.4, 0.5) is 4.79 Å². The number of rotatable bonds is 3. The molecular weight excluding hydrogens is 192 g/mol. The van der Waals surface area contributed by atoms with Crippen molar-refractivity contribution >= 4 is 6.03 Å². The zero-order chi connectivity index (χ0) is 10.8. The van der Waals surface area contributed by atoms with Crippen LogP contribution in [-0.2, 0) is 0 Å². The summed E-state index contributed by atoms with van der Waals surface area (Å²) in [5.41, 5.74) is 0. The third-order valence-electron chi connectivity index (χ3n) is 3.69. The van der Waals surface area contributed by atoms with Crippen molar-refractivity contribution in [2.24, 2.45) is 5.92 Å². The Morgan fingerprint density at radius 1 is 1.40 bits per heavy atom. The van der Waals surface area contributed by atoms with E-state index in [-0.39, 0.29) is 12.1 Å². The number of carbonyl (C=O) groups excluding carboxylic acids is 1. The molecule has 2 fully saturated rings. The molecule has 1 aliphatic carbocycles. The van der Waals surface area contributed by atoms with E-state index in [1.165, 1.54) is 0 Å². The van der Waals surface area contributed by atoms with Gasteiger partial charge in [0.25, 0.3) is 0 Å². The van der Waals surface area contributed by atoms with Crippen LogP contribution in [0.1, 0.15) is 25.7 Å². The molecule has 2 rings (SSSR count). The van der Waals surface area contributed by atoms with Gasteiger partial charge in [-0.15, -0.1) is 0 Å². The summed E-state index contributed by atoms with van der Waals surface area (Å²) in [6.07, 6.45) is 4.04. The molecule has 2 atom stereocenters. The molecular formula is C11H20N2O2. The van der Waals surface area contributed by atoms with Gasteiger partial charge < -0.3 is 14.9 Å². The average Bonchev–Trinajstić information content (AvgIpc) is 2.74. The van der Waals surface area contributed by atoms with E-state index in [2.05, 4.69) is 0 Å². The third kappa shape index (κ3) is 2.25. The van der Waals surface area contributed by atoms with Crippen LogP contribution in [0.25, 0.3) is 0 Å². The molecule has 86 valence electrons. The Balaban J connectivity index is 1.76. The highest BCUT2D eigenvalue weighted by Gasteiger charge is 2.29. The minimum Gasteiger partial charge on any atom is -0.393 e. The lowest BCUT2D eigenvalue weighted by atomic mass is 10.0. The second-order valence-electron chi connectivity index (χ2n) is 4.74. The molecule has 1 heterocycles. The molecule has 2 amide bonds. The Labute approximate surface area is 90.9 Å². The van der Waals surface area contributed by atoms with Gasteiger partial charge >= 0.3 is 6.03 Å². The van der Waals surface area contributed by atoms with E-state index in [1.807, 2.05) is 11.9 Å². The van der Waals surface area contributed by atoms with Gasteiger partial charge in [-0.3, -0.25) is 0 Å². The lowest BCUT2D eigenvalue weighted by Gasteiger charge is -2.20. The van der Waals surface area contributed by atoms with Crippen molar-refractivity contribution in [2.45, 2.75) is 31.8 Å². The molecule has 0 aromatic carbocycles. The number of hydrogen-bond donors (Lipinski definition) is 1. The Hall–Kier alpha value is -0.770. The molecule has 0 bridgehead atoms. The smallest absolute Gasteiger partial charge is 0.319 e. The normalized spacial score (nSPS) is 31.7. The van der Waals surface area contributed by atoms with Gasteiger partial charge in [0, 0.05) is 26.7 Å². The second-order valence-corrected chi connectivity index (χ2v) is 4.74. The van der Waals surface area contributed by atoms with E-state index in [1.54, 1.807) is 4.90 Å². The molecule has 0 aromatic heterocycles. The maximum Gasteiger partial charge on any atom is 0.319 e. The van der Waals surface area contributed by atoms with Crippen molar-refractivity contribution in [3.8, 4) is 0 Å². The summed E-state index contributed by atoms with van der Waals surface area (Å²) in [5.74, 6) is 0.420. The predicted octanol–water partition coefficient (Wildman–Crippen LogP) is 0.905. The quantitative estimate of drug-likeness (QED) is 0.755. The maximum absolute atomic E-state index is 11.6. The molecule has 4 nitrogen and oxygen atoms in total. The zero-order valence-electron chi connectivity index (χ0n) is 9.35.